The molecule has 0 aliphatic rings. The van der Waals surface area contributed by atoms with Gasteiger partial charge in [-0.2, -0.15) is 0 Å². The Bertz CT molecular complexity index is 557. The predicted molar refractivity (Wildman–Crippen MR) is 58.9 cm³/mol. The zero-order valence-corrected chi connectivity index (χ0v) is 9.04. The number of benzene rings is 1. The van der Waals surface area contributed by atoms with Crippen LogP contribution in [0.2, 0.25) is 0 Å². The molecule has 2 N–H and O–H groups in total. The first-order chi connectivity index (χ1) is 7.43. The number of aromatic amines is 1. The average molecular weight is 221 g/mol. The molecular weight excluding hydrogens is 209 g/mol. The van der Waals surface area contributed by atoms with E-state index in [9.17, 15) is 9.18 Å². The van der Waals surface area contributed by atoms with E-state index >= 15 is 0 Å². The second-order valence-corrected chi connectivity index (χ2v) is 4.32. The summed E-state index contributed by atoms with van der Waals surface area (Å²) >= 11 is 0. The van der Waals surface area contributed by atoms with E-state index in [0.29, 0.717) is 10.9 Å². The van der Waals surface area contributed by atoms with Crippen LogP contribution >= 0.6 is 0 Å². The fourth-order valence-electron chi connectivity index (χ4n) is 1.73. The second-order valence-electron chi connectivity index (χ2n) is 4.32. The molecule has 2 aromatic rings. The highest BCUT2D eigenvalue weighted by Gasteiger charge is 2.31. The van der Waals surface area contributed by atoms with Gasteiger partial charge in [-0.25, -0.2) is 4.39 Å². The Morgan fingerprint density at radius 2 is 2.12 bits per heavy atom. The summed E-state index contributed by atoms with van der Waals surface area (Å²) in [5, 5.41) is 9.75. The van der Waals surface area contributed by atoms with E-state index in [1.807, 2.05) is 0 Å². The van der Waals surface area contributed by atoms with Gasteiger partial charge in [0.25, 0.3) is 0 Å². The Morgan fingerprint density at radius 1 is 1.44 bits per heavy atom. The van der Waals surface area contributed by atoms with Crippen molar-refractivity contribution in [1.82, 2.24) is 4.98 Å². The molecule has 0 aliphatic heterocycles. The maximum atomic E-state index is 13.1. The minimum atomic E-state index is -1.04. The van der Waals surface area contributed by atoms with Gasteiger partial charge in [-0.1, -0.05) is 0 Å². The Labute approximate surface area is 91.9 Å². The van der Waals surface area contributed by atoms with Gasteiger partial charge in [0.1, 0.15) is 5.82 Å². The fraction of sp³-hybridized carbons (Fsp3) is 0.250. The van der Waals surface area contributed by atoms with Gasteiger partial charge in [0, 0.05) is 17.1 Å². The van der Waals surface area contributed by atoms with Crippen LogP contribution < -0.4 is 0 Å². The summed E-state index contributed by atoms with van der Waals surface area (Å²) in [6.45, 7) is 3.20. The number of carbonyl (C=O) groups is 1. The first kappa shape index (κ1) is 10.7. The number of halogens is 1. The van der Waals surface area contributed by atoms with Crippen molar-refractivity contribution in [2.45, 2.75) is 19.3 Å². The summed E-state index contributed by atoms with van der Waals surface area (Å²) in [5.74, 6) is -1.30. The lowest BCUT2D eigenvalue weighted by Crippen LogP contribution is -2.28. The second kappa shape index (κ2) is 3.33. The van der Waals surface area contributed by atoms with Crippen molar-refractivity contribution in [3.05, 3.63) is 35.8 Å². The topological polar surface area (TPSA) is 53.1 Å². The van der Waals surface area contributed by atoms with Gasteiger partial charge in [-0.15, -0.1) is 0 Å². The highest BCUT2D eigenvalue weighted by molar-refractivity contribution is 5.91. The molecule has 16 heavy (non-hydrogen) atoms. The molecule has 0 saturated carbocycles. The molecule has 0 atom stereocenters. The van der Waals surface area contributed by atoms with Gasteiger partial charge in [0.15, 0.2) is 0 Å². The van der Waals surface area contributed by atoms with Gasteiger partial charge in [0.2, 0.25) is 0 Å². The molecule has 0 aliphatic carbocycles. The number of fused-ring (bicyclic) bond motifs is 1. The Hall–Kier alpha value is -1.84. The van der Waals surface area contributed by atoms with Crippen LogP contribution in [0.5, 0.6) is 0 Å². The van der Waals surface area contributed by atoms with Crippen molar-refractivity contribution in [2.24, 2.45) is 0 Å². The molecule has 1 aromatic heterocycles. The molecule has 4 heteroatoms. The number of nitrogens with one attached hydrogen (secondary N) is 1. The molecule has 0 radical (unpaired) electrons. The monoisotopic (exact) mass is 221 g/mol. The van der Waals surface area contributed by atoms with E-state index in [1.165, 1.54) is 12.1 Å². The van der Waals surface area contributed by atoms with Crippen LogP contribution in [-0.4, -0.2) is 16.1 Å². The summed E-state index contributed by atoms with van der Waals surface area (Å²) in [5.41, 5.74) is 0.298. The fourth-order valence-corrected chi connectivity index (χ4v) is 1.73. The number of H-pyrrole nitrogens is 1. The highest BCUT2D eigenvalue weighted by atomic mass is 19.1. The number of aliphatic carboxylic acids is 1. The molecule has 84 valence electrons. The molecule has 0 bridgehead atoms. The van der Waals surface area contributed by atoms with Crippen molar-refractivity contribution in [1.29, 1.82) is 0 Å². The smallest absolute Gasteiger partial charge is 0.313 e. The zero-order chi connectivity index (χ0) is 11.9. The summed E-state index contributed by atoms with van der Waals surface area (Å²) in [7, 11) is 0. The molecule has 0 unspecified atom stereocenters. The van der Waals surface area contributed by atoms with Crippen molar-refractivity contribution in [3.63, 3.8) is 0 Å². The summed E-state index contributed by atoms with van der Waals surface area (Å²) < 4.78 is 13.1. The molecule has 2 rings (SSSR count). The number of carboxylic acid groups (broad SMARTS) is 1. The standard InChI is InChI=1S/C12H12FNO2/c1-12(2,11(15)16)9-6-14-10-4-3-7(13)5-8(9)10/h3-6,14H,1-2H3,(H,15,16). The maximum absolute atomic E-state index is 13.1. The van der Waals surface area contributed by atoms with Crippen LogP contribution in [0.4, 0.5) is 4.39 Å². The minimum absolute atomic E-state index is 0.366. The van der Waals surface area contributed by atoms with E-state index in [2.05, 4.69) is 4.98 Å². The SMILES string of the molecule is CC(C)(C(=O)O)c1c[nH]c2ccc(F)cc12. The van der Waals surface area contributed by atoms with Crippen molar-refractivity contribution < 1.29 is 14.3 Å². The quantitative estimate of drug-likeness (QED) is 0.819. The van der Waals surface area contributed by atoms with E-state index in [4.69, 9.17) is 5.11 Å². The number of hydrogen-bond acceptors (Lipinski definition) is 1. The molecule has 1 heterocycles. The lowest BCUT2D eigenvalue weighted by Gasteiger charge is -2.18. The largest absolute Gasteiger partial charge is 0.481 e. The molecule has 0 saturated heterocycles. The van der Waals surface area contributed by atoms with Crippen LogP contribution in [-0.2, 0) is 10.2 Å². The number of rotatable bonds is 2. The maximum Gasteiger partial charge on any atom is 0.313 e. The Kier molecular flexibility index (Phi) is 2.22. The normalized spacial score (nSPS) is 11.9. The zero-order valence-electron chi connectivity index (χ0n) is 9.04. The van der Waals surface area contributed by atoms with E-state index in [0.717, 1.165) is 5.52 Å². The molecule has 0 amide bonds. The van der Waals surface area contributed by atoms with Gasteiger partial charge in [0.05, 0.1) is 5.41 Å². The van der Waals surface area contributed by atoms with Gasteiger partial charge >= 0.3 is 5.97 Å². The minimum Gasteiger partial charge on any atom is -0.481 e. The van der Waals surface area contributed by atoms with E-state index in [-0.39, 0.29) is 5.82 Å². The number of hydrogen-bond donors (Lipinski definition) is 2. The van der Waals surface area contributed by atoms with Crippen LogP contribution in [0.3, 0.4) is 0 Å². The average Bonchev–Trinajstić information content (AvgIpc) is 2.60. The van der Waals surface area contributed by atoms with Crippen LogP contribution in [0, 0.1) is 5.82 Å². The molecule has 3 nitrogen and oxygen atoms in total. The van der Waals surface area contributed by atoms with Gasteiger partial charge < -0.3 is 10.1 Å². The third-order valence-electron chi connectivity index (χ3n) is 2.85. The third-order valence-corrected chi connectivity index (χ3v) is 2.85. The van der Waals surface area contributed by atoms with E-state index < -0.39 is 11.4 Å². The summed E-state index contributed by atoms with van der Waals surface area (Å²) in [4.78, 5) is 14.1. The van der Waals surface area contributed by atoms with Crippen LogP contribution in [0.1, 0.15) is 19.4 Å². The number of aromatic nitrogens is 1. The Balaban J connectivity index is 2.70. The van der Waals surface area contributed by atoms with Crippen molar-refractivity contribution in [3.8, 4) is 0 Å². The van der Waals surface area contributed by atoms with Crippen molar-refractivity contribution in [2.75, 3.05) is 0 Å². The van der Waals surface area contributed by atoms with Gasteiger partial charge in [-0.3, -0.25) is 4.79 Å². The summed E-state index contributed by atoms with van der Waals surface area (Å²) in [6.07, 6.45) is 1.62. The lowest BCUT2D eigenvalue weighted by atomic mass is 9.84. The molecule has 0 fully saturated rings. The third kappa shape index (κ3) is 1.46. The molecular formula is C12H12FNO2. The van der Waals surface area contributed by atoms with Gasteiger partial charge in [-0.05, 0) is 37.6 Å². The van der Waals surface area contributed by atoms with E-state index in [1.54, 1.807) is 26.1 Å². The predicted octanol–water partition coefficient (Wildman–Crippen LogP) is 2.67. The summed E-state index contributed by atoms with van der Waals surface area (Å²) in [6, 6.07) is 4.30. The van der Waals surface area contributed by atoms with Crippen LogP contribution in [0.15, 0.2) is 24.4 Å². The van der Waals surface area contributed by atoms with Crippen LogP contribution in [0.25, 0.3) is 10.9 Å². The first-order valence-electron chi connectivity index (χ1n) is 4.93. The lowest BCUT2D eigenvalue weighted by molar-refractivity contribution is -0.142. The highest BCUT2D eigenvalue weighted by Crippen LogP contribution is 2.30. The molecule has 0 spiro atoms. The first-order valence-corrected chi connectivity index (χ1v) is 4.93. The van der Waals surface area contributed by atoms with Crippen molar-refractivity contribution >= 4 is 16.9 Å². The Morgan fingerprint density at radius 3 is 2.75 bits per heavy atom. The molecule has 1 aromatic carbocycles. The number of carboxylic acids is 1.